The molecule has 1 heterocycles. The summed E-state index contributed by atoms with van der Waals surface area (Å²) in [6.07, 6.45) is 0. The van der Waals surface area contributed by atoms with E-state index in [-0.39, 0.29) is 12.1 Å². The smallest absolute Gasteiger partial charge is 0.203 e. The number of hydrogen-bond acceptors (Lipinski definition) is 5. The normalized spacial score (nSPS) is 18.8. The molecule has 2 aromatic rings. The lowest BCUT2D eigenvalue weighted by molar-refractivity contribution is 0.323. The molecule has 5 nitrogen and oxygen atoms in total. The molecule has 1 saturated heterocycles. The highest BCUT2D eigenvalue weighted by Gasteiger charge is 2.39. The zero-order chi connectivity index (χ0) is 17.1. The lowest BCUT2D eigenvalue weighted by atomic mass is 10.0. The molecular weight excluding hydrogens is 306 g/mol. The van der Waals surface area contributed by atoms with Gasteiger partial charge in [-0.25, -0.2) is 0 Å². The van der Waals surface area contributed by atoms with Gasteiger partial charge in [0.15, 0.2) is 11.5 Å². The fourth-order valence-electron chi connectivity index (χ4n) is 2.93. The molecule has 1 N–H and O–H groups in total. The largest absolute Gasteiger partial charge is 0.494 e. The minimum Gasteiger partial charge on any atom is -0.494 e. The van der Waals surface area contributed by atoms with Crippen molar-refractivity contribution >= 4 is 0 Å². The van der Waals surface area contributed by atoms with E-state index in [0.717, 1.165) is 11.3 Å². The van der Waals surface area contributed by atoms with Crippen LogP contribution in [0.3, 0.4) is 0 Å². The maximum Gasteiger partial charge on any atom is 0.203 e. The zero-order valence-corrected chi connectivity index (χ0v) is 14.5. The maximum absolute atomic E-state index is 5.49. The van der Waals surface area contributed by atoms with Crippen LogP contribution in [0.4, 0.5) is 0 Å². The van der Waals surface area contributed by atoms with E-state index < -0.39 is 0 Å². The molecule has 1 aliphatic heterocycles. The van der Waals surface area contributed by atoms with Crippen LogP contribution in [-0.4, -0.2) is 27.9 Å². The molecular formula is C19H23NO4. The van der Waals surface area contributed by atoms with E-state index in [9.17, 15) is 0 Å². The minimum atomic E-state index is 0.233. The molecule has 5 heteroatoms. The van der Waals surface area contributed by atoms with Gasteiger partial charge in [0.1, 0.15) is 5.75 Å². The zero-order valence-electron chi connectivity index (χ0n) is 14.5. The molecule has 2 atom stereocenters. The summed E-state index contributed by atoms with van der Waals surface area (Å²) in [5.41, 5.74) is 2.35. The molecule has 128 valence electrons. The number of rotatable bonds is 7. The second-order valence-corrected chi connectivity index (χ2v) is 5.58. The number of methoxy groups -OCH3 is 3. The van der Waals surface area contributed by atoms with Gasteiger partial charge < -0.3 is 18.9 Å². The van der Waals surface area contributed by atoms with E-state index in [1.54, 1.807) is 21.3 Å². The fourth-order valence-corrected chi connectivity index (χ4v) is 2.93. The molecule has 0 saturated carbocycles. The van der Waals surface area contributed by atoms with Gasteiger partial charge in [-0.05, 0) is 42.3 Å². The quantitative estimate of drug-likeness (QED) is 0.788. The monoisotopic (exact) mass is 329 g/mol. The van der Waals surface area contributed by atoms with Crippen molar-refractivity contribution in [2.75, 3.05) is 27.9 Å². The molecule has 2 unspecified atom stereocenters. The average Bonchev–Trinajstić information content (AvgIpc) is 3.42. The van der Waals surface area contributed by atoms with E-state index in [1.807, 2.05) is 31.2 Å². The Morgan fingerprint density at radius 3 is 1.92 bits per heavy atom. The predicted octanol–water partition coefficient (Wildman–Crippen LogP) is 3.50. The molecule has 0 bridgehead atoms. The van der Waals surface area contributed by atoms with Gasteiger partial charge in [-0.2, -0.15) is 0 Å². The van der Waals surface area contributed by atoms with Crippen LogP contribution < -0.4 is 24.3 Å². The molecule has 0 radical (unpaired) electrons. The Bertz CT molecular complexity index is 674. The fraction of sp³-hybridized carbons (Fsp3) is 0.368. The summed E-state index contributed by atoms with van der Waals surface area (Å²) in [6.45, 7) is 2.66. The second-order valence-electron chi connectivity index (χ2n) is 5.58. The number of ether oxygens (including phenoxy) is 4. The molecule has 0 amide bonds. The van der Waals surface area contributed by atoms with Crippen molar-refractivity contribution < 1.29 is 18.9 Å². The standard InChI is InChI=1S/C19H23NO4/c1-5-24-14-8-6-12(7-9-14)17-18(20-17)13-10-15(21-2)19(23-4)16(11-13)22-3/h6-11,17-18,20H,5H2,1-4H3. The Hall–Kier alpha value is -2.40. The lowest BCUT2D eigenvalue weighted by Gasteiger charge is -2.13. The number of nitrogens with one attached hydrogen (secondary N) is 1. The Kier molecular flexibility index (Phi) is 4.81. The number of benzene rings is 2. The average molecular weight is 329 g/mol. The molecule has 1 aliphatic rings. The highest BCUT2D eigenvalue weighted by atomic mass is 16.5. The first kappa shape index (κ1) is 16.5. The SMILES string of the molecule is CCOc1ccc(C2NC2c2cc(OC)c(OC)c(OC)c2)cc1. The minimum absolute atomic E-state index is 0.233. The van der Waals surface area contributed by atoms with Gasteiger partial charge in [0.25, 0.3) is 0 Å². The highest BCUT2D eigenvalue weighted by molar-refractivity contribution is 5.55. The third-order valence-corrected chi connectivity index (χ3v) is 4.18. The highest BCUT2D eigenvalue weighted by Crippen LogP contribution is 2.47. The third-order valence-electron chi connectivity index (χ3n) is 4.18. The van der Waals surface area contributed by atoms with Gasteiger partial charge in [0, 0.05) is 0 Å². The predicted molar refractivity (Wildman–Crippen MR) is 92.3 cm³/mol. The first-order chi connectivity index (χ1) is 11.7. The van der Waals surface area contributed by atoms with Gasteiger partial charge >= 0.3 is 0 Å². The summed E-state index contributed by atoms with van der Waals surface area (Å²) >= 11 is 0. The van der Waals surface area contributed by atoms with Gasteiger partial charge in [-0.15, -0.1) is 0 Å². The lowest BCUT2D eigenvalue weighted by Crippen LogP contribution is -1.97. The van der Waals surface area contributed by atoms with Gasteiger partial charge in [0.2, 0.25) is 5.75 Å². The molecule has 1 fully saturated rings. The molecule has 0 spiro atoms. The first-order valence-corrected chi connectivity index (χ1v) is 8.00. The topological polar surface area (TPSA) is 58.9 Å². The van der Waals surface area contributed by atoms with E-state index in [4.69, 9.17) is 18.9 Å². The van der Waals surface area contributed by atoms with Crippen molar-refractivity contribution in [3.63, 3.8) is 0 Å². The second kappa shape index (κ2) is 7.01. The van der Waals surface area contributed by atoms with Gasteiger partial charge in [0.05, 0.1) is 40.0 Å². The van der Waals surface area contributed by atoms with Crippen molar-refractivity contribution in [3.05, 3.63) is 47.5 Å². The van der Waals surface area contributed by atoms with Crippen LogP contribution in [0.15, 0.2) is 36.4 Å². The van der Waals surface area contributed by atoms with Crippen molar-refractivity contribution in [3.8, 4) is 23.0 Å². The van der Waals surface area contributed by atoms with Crippen LogP contribution >= 0.6 is 0 Å². The van der Waals surface area contributed by atoms with E-state index >= 15 is 0 Å². The van der Waals surface area contributed by atoms with E-state index in [2.05, 4.69) is 17.4 Å². The Morgan fingerprint density at radius 2 is 1.42 bits per heavy atom. The van der Waals surface area contributed by atoms with Crippen LogP contribution in [0.25, 0.3) is 0 Å². The van der Waals surface area contributed by atoms with Crippen molar-refractivity contribution in [2.24, 2.45) is 0 Å². The summed E-state index contributed by atoms with van der Waals surface area (Å²) in [5.74, 6) is 2.85. The van der Waals surface area contributed by atoms with E-state index in [1.165, 1.54) is 5.56 Å². The first-order valence-electron chi connectivity index (χ1n) is 8.00. The van der Waals surface area contributed by atoms with Gasteiger partial charge in [-0.3, -0.25) is 5.32 Å². The van der Waals surface area contributed by atoms with Gasteiger partial charge in [-0.1, -0.05) is 12.1 Å². The summed E-state index contributed by atoms with van der Waals surface area (Å²) in [5, 5.41) is 3.50. The summed E-state index contributed by atoms with van der Waals surface area (Å²) in [7, 11) is 4.87. The van der Waals surface area contributed by atoms with Crippen LogP contribution in [0.5, 0.6) is 23.0 Å². The van der Waals surface area contributed by atoms with Crippen LogP contribution in [0.1, 0.15) is 30.1 Å². The summed E-state index contributed by atoms with van der Waals surface area (Å²) in [4.78, 5) is 0. The Balaban J connectivity index is 1.81. The molecule has 0 aromatic heterocycles. The Morgan fingerprint density at radius 1 is 0.833 bits per heavy atom. The molecule has 0 aliphatic carbocycles. The van der Waals surface area contributed by atoms with Crippen LogP contribution in [0, 0.1) is 0 Å². The van der Waals surface area contributed by atoms with Crippen molar-refractivity contribution in [1.29, 1.82) is 0 Å². The summed E-state index contributed by atoms with van der Waals surface area (Å²) < 4.78 is 21.7. The number of hydrogen-bond donors (Lipinski definition) is 1. The molecule has 2 aromatic carbocycles. The Labute approximate surface area is 142 Å². The molecule has 24 heavy (non-hydrogen) atoms. The third kappa shape index (κ3) is 3.12. The van der Waals surface area contributed by atoms with Crippen LogP contribution in [-0.2, 0) is 0 Å². The van der Waals surface area contributed by atoms with Crippen molar-refractivity contribution in [2.45, 2.75) is 19.0 Å². The molecule has 3 rings (SSSR count). The summed E-state index contributed by atoms with van der Waals surface area (Å²) in [6, 6.07) is 12.7. The maximum atomic E-state index is 5.49. The van der Waals surface area contributed by atoms with Crippen molar-refractivity contribution in [1.82, 2.24) is 5.32 Å². The van der Waals surface area contributed by atoms with E-state index in [0.29, 0.717) is 23.9 Å². The van der Waals surface area contributed by atoms with Crippen LogP contribution in [0.2, 0.25) is 0 Å².